The molecule has 0 aromatic heterocycles. The molecule has 0 radical (unpaired) electrons. The Kier molecular flexibility index (Phi) is 22.5. The Labute approximate surface area is 203 Å². The summed E-state index contributed by atoms with van der Waals surface area (Å²) in [4.78, 5) is 11.8. The van der Waals surface area contributed by atoms with Crippen molar-refractivity contribution in [2.45, 2.75) is 116 Å². The van der Waals surface area contributed by atoms with Gasteiger partial charge in [0.2, 0.25) is 0 Å². The van der Waals surface area contributed by atoms with Gasteiger partial charge in [0.15, 0.2) is 0 Å². The molecule has 0 atom stereocenters. The van der Waals surface area contributed by atoms with Gasteiger partial charge in [-0.1, -0.05) is 84.0 Å². The van der Waals surface area contributed by atoms with Crippen molar-refractivity contribution in [3.05, 3.63) is 0 Å². The number of rotatable bonds is 24. The third-order valence-electron chi connectivity index (χ3n) is 6.21. The average Bonchev–Trinajstić information content (AvgIpc) is 2.84. The Morgan fingerprint density at radius 2 is 1.15 bits per heavy atom. The van der Waals surface area contributed by atoms with E-state index in [0.29, 0.717) is 52.2 Å². The molecule has 0 saturated carbocycles. The van der Waals surface area contributed by atoms with E-state index in [4.69, 9.17) is 18.9 Å². The Hall–Kier alpha value is -0.690. The first-order chi connectivity index (χ1) is 16.3. The van der Waals surface area contributed by atoms with Crippen molar-refractivity contribution in [3.8, 4) is 0 Å². The van der Waals surface area contributed by atoms with Gasteiger partial charge in [-0.25, -0.2) is 0 Å². The Morgan fingerprint density at radius 3 is 1.73 bits per heavy atom. The minimum absolute atomic E-state index is 0.104. The molecule has 1 aliphatic heterocycles. The number of unbranched alkanes of at least 4 members (excludes halogenated alkanes) is 12. The zero-order valence-electron chi connectivity index (χ0n) is 21.6. The third kappa shape index (κ3) is 21.6. The summed E-state index contributed by atoms with van der Waals surface area (Å²) in [6, 6.07) is 0. The minimum Gasteiger partial charge on any atom is -0.463 e. The van der Waals surface area contributed by atoms with Crippen LogP contribution >= 0.6 is 0 Å². The summed E-state index contributed by atoms with van der Waals surface area (Å²) in [6.45, 7) is 7.42. The largest absolute Gasteiger partial charge is 0.463 e. The summed E-state index contributed by atoms with van der Waals surface area (Å²) in [5.41, 5.74) is 0. The number of esters is 1. The molecule has 0 aliphatic carbocycles. The van der Waals surface area contributed by atoms with Gasteiger partial charge in [-0.3, -0.25) is 4.79 Å². The second-order valence-corrected chi connectivity index (χ2v) is 9.26. The van der Waals surface area contributed by atoms with Crippen molar-refractivity contribution in [2.75, 3.05) is 52.7 Å². The number of carbonyl (C=O) groups is 1. The Bertz CT molecular complexity index is 415. The Balaban J connectivity index is 1.70. The van der Waals surface area contributed by atoms with E-state index < -0.39 is 0 Å². The standard InChI is InChI=1S/C27H53NO5/c1-2-3-4-5-6-7-8-9-10-11-12-13-14-15-27(29)33-25-23-31-21-20-30-22-24-32-26-16-18-28-19-17-26/h26,28H,2-25H2,1H3. The fourth-order valence-corrected chi connectivity index (χ4v) is 4.13. The van der Waals surface area contributed by atoms with Crippen LogP contribution in [0.4, 0.5) is 0 Å². The molecule has 0 unspecified atom stereocenters. The van der Waals surface area contributed by atoms with E-state index in [1.165, 1.54) is 70.6 Å². The van der Waals surface area contributed by atoms with Crippen LogP contribution in [0.2, 0.25) is 0 Å². The highest BCUT2D eigenvalue weighted by Gasteiger charge is 2.12. The SMILES string of the molecule is CCCCCCCCCCCCCCCC(=O)OCCOCCOCCOC1CCNCC1. The molecule has 1 saturated heterocycles. The zero-order chi connectivity index (χ0) is 23.7. The van der Waals surface area contributed by atoms with E-state index in [2.05, 4.69) is 12.2 Å². The maximum atomic E-state index is 11.8. The number of ether oxygens (including phenoxy) is 4. The van der Waals surface area contributed by atoms with Crippen LogP contribution in [-0.2, 0) is 23.7 Å². The van der Waals surface area contributed by atoms with Gasteiger partial charge >= 0.3 is 5.97 Å². The van der Waals surface area contributed by atoms with Crippen molar-refractivity contribution in [2.24, 2.45) is 0 Å². The summed E-state index contributed by atoms with van der Waals surface area (Å²) in [7, 11) is 0. The molecule has 1 N–H and O–H groups in total. The highest BCUT2D eigenvalue weighted by Crippen LogP contribution is 2.13. The summed E-state index contributed by atoms with van der Waals surface area (Å²) < 4.78 is 22.0. The van der Waals surface area contributed by atoms with Gasteiger partial charge in [-0.05, 0) is 32.4 Å². The molecule has 6 nitrogen and oxygen atoms in total. The first kappa shape index (κ1) is 30.3. The summed E-state index contributed by atoms with van der Waals surface area (Å²) in [5, 5.41) is 3.33. The maximum absolute atomic E-state index is 11.8. The number of nitrogens with one attached hydrogen (secondary N) is 1. The molecular weight excluding hydrogens is 418 g/mol. The summed E-state index contributed by atoms with van der Waals surface area (Å²) in [5.74, 6) is -0.104. The molecule has 6 heteroatoms. The highest BCUT2D eigenvalue weighted by molar-refractivity contribution is 5.69. The molecule has 1 fully saturated rings. The first-order valence-electron chi connectivity index (χ1n) is 14.0. The van der Waals surface area contributed by atoms with Crippen molar-refractivity contribution in [1.82, 2.24) is 5.32 Å². The normalized spacial score (nSPS) is 14.6. The van der Waals surface area contributed by atoms with Gasteiger partial charge in [0.05, 0.1) is 39.1 Å². The monoisotopic (exact) mass is 471 g/mol. The lowest BCUT2D eigenvalue weighted by Gasteiger charge is -2.22. The average molecular weight is 472 g/mol. The van der Waals surface area contributed by atoms with Crippen molar-refractivity contribution >= 4 is 5.97 Å². The fraction of sp³-hybridized carbons (Fsp3) is 0.963. The lowest BCUT2D eigenvalue weighted by atomic mass is 10.0. The topological polar surface area (TPSA) is 66.0 Å². The molecule has 1 rings (SSSR count). The van der Waals surface area contributed by atoms with Gasteiger partial charge in [0.1, 0.15) is 6.61 Å². The molecule has 33 heavy (non-hydrogen) atoms. The molecule has 0 spiro atoms. The quantitative estimate of drug-likeness (QED) is 0.141. The van der Waals surface area contributed by atoms with E-state index in [1.54, 1.807) is 0 Å². The van der Waals surface area contributed by atoms with Crippen LogP contribution in [0.15, 0.2) is 0 Å². The molecule has 1 aliphatic rings. The zero-order valence-corrected chi connectivity index (χ0v) is 21.6. The van der Waals surface area contributed by atoms with Crippen LogP contribution in [0, 0.1) is 0 Å². The van der Waals surface area contributed by atoms with Crippen molar-refractivity contribution in [1.29, 1.82) is 0 Å². The second kappa shape index (κ2) is 24.4. The number of hydrogen-bond acceptors (Lipinski definition) is 6. The summed E-state index contributed by atoms with van der Waals surface area (Å²) >= 11 is 0. The van der Waals surface area contributed by atoms with E-state index in [0.717, 1.165) is 38.8 Å². The number of carbonyl (C=O) groups excluding carboxylic acids is 1. The van der Waals surface area contributed by atoms with Crippen LogP contribution in [0.25, 0.3) is 0 Å². The van der Waals surface area contributed by atoms with Gasteiger partial charge in [-0.15, -0.1) is 0 Å². The van der Waals surface area contributed by atoms with Crippen molar-refractivity contribution < 1.29 is 23.7 Å². The number of hydrogen-bond donors (Lipinski definition) is 1. The van der Waals surface area contributed by atoms with E-state index >= 15 is 0 Å². The number of piperidine rings is 1. The van der Waals surface area contributed by atoms with Gasteiger partial charge in [0, 0.05) is 6.42 Å². The Morgan fingerprint density at radius 1 is 0.667 bits per heavy atom. The maximum Gasteiger partial charge on any atom is 0.305 e. The molecule has 1 heterocycles. The predicted octanol–water partition coefficient (Wildman–Crippen LogP) is 5.81. The predicted molar refractivity (Wildman–Crippen MR) is 135 cm³/mol. The molecular formula is C27H53NO5. The molecule has 0 bridgehead atoms. The highest BCUT2D eigenvalue weighted by atomic mass is 16.6. The lowest BCUT2D eigenvalue weighted by Crippen LogP contribution is -2.33. The fourth-order valence-electron chi connectivity index (χ4n) is 4.13. The molecule has 0 aromatic rings. The third-order valence-corrected chi connectivity index (χ3v) is 6.21. The van der Waals surface area contributed by atoms with E-state index in [1.807, 2.05) is 0 Å². The molecule has 0 amide bonds. The lowest BCUT2D eigenvalue weighted by molar-refractivity contribution is -0.145. The van der Waals surface area contributed by atoms with Crippen LogP contribution in [0.3, 0.4) is 0 Å². The van der Waals surface area contributed by atoms with Gasteiger partial charge < -0.3 is 24.3 Å². The second-order valence-electron chi connectivity index (χ2n) is 9.26. The van der Waals surface area contributed by atoms with Crippen LogP contribution in [0.1, 0.15) is 110 Å². The first-order valence-corrected chi connectivity index (χ1v) is 14.0. The van der Waals surface area contributed by atoms with E-state index in [-0.39, 0.29) is 5.97 Å². The summed E-state index contributed by atoms with van der Waals surface area (Å²) in [6.07, 6.45) is 20.1. The van der Waals surface area contributed by atoms with Crippen LogP contribution in [0.5, 0.6) is 0 Å². The minimum atomic E-state index is -0.104. The van der Waals surface area contributed by atoms with E-state index in [9.17, 15) is 4.79 Å². The van der Waals surface area contributed by atoms with Gasteiger partial charge in [-0.2, -0.15) is 0 Å². The van der Waals surface area contributed by atoms with Crippen molar-refractivity contribution in [3.63, 3.8) is 0 Å². The smallest absolute Gasteiger partial charge is 0.305 e. The molecule has 196 valence electrons. The van der Waals surface area contributed by atoms with Crippen LogP contribution in [-0.4, -0.2) is 64.8 Å². The van der Waals surface area contributed by atoms with Crippen LogP contribution < -0.4 is 5.32 Å². The van der Waals surface area contributed by atoms with Gasteiger partial charge in [0.25, 0.3) is 0 Å². The molecule has 0 aromatic carbocycles.